The molecule has 0 aliphatic rings. The topological polar surface area (TPSA) is 57.4 Å². The van der Waals surface area contributed by atoms with E-state index in [0.29, 0.717) is 12.4 Å². The Morgan fingerprint density at radius 1 is 1.11 bits per heavy atom. The second kappa shape index (κ2) is 6.09. The van der Waals surface area contributed by atoms with Crippen molar-refractivity contribution in [2.45, 2.75) is 20.0 Å². The molecule has 0 unspecified atom stereocenters. The molecule has 19 heavy (non-hydrogen) atoms. The third kappa shape index (κ3) is 3.37. The molecule has 0 aliphatic heterocycles. The molecule has 0 fully saturated rings. The molecule has 0 aliphatic carbocycles. The highest BCUT2D eigenvalue weighted by molar-refractivity contribution is 5.43. The van der Waals surface area contributed by atoms with Crippen molar-refractivity contribution in [1.82, 2.24) is 4.98 Å². The fourth-order valence-corrected chi connectivity index (χ4v) is 1.80. The van der Waals surface area contributed by atoms with Gasteiger partial charge in [-0.05, 0) is 41.8 Å². The summed E-state index contributed by atoms with van der Waals surface area (Å²) in [6.07, 6.45) is 2.64. The van der Waals surface area contributed by atoms with Gasteiger partial charge in [-0.2, -0.15) is 0 Å². The van der Waals surface area contributed by atoms with Crippen LogP contribution in [0, 0.1) is 0 Å². The van der Waals surface area contributed by atoms with Gasteiger partial charge in [0.1, 0.15) is 12.4 Å². The van der Waals surface area contributed by atoms with Gasteiger partial charge in [0, 0.05) is 6.20 Å². The molecule has 2 aromatic rings. The van der Waals surface area contributed by atoms with Crippen LogP contribution in [0.15, 0.2) is 36.5 Å². The van der Waals surface area contributed by atoms with Crippen LogP contribution in [-0.2, 0) is 13.0 Å². The number of hydrogen-bond donors (Lipinski definition) is 1. The van der Waals surface area contributed by atoms with Crippen LogP contribution in [0.2, 0.25) is 0 Å². The van der Waals surface area contributed by atoms with Crippen LogP contribution >= 0.6 is 0 Å². The second-order valence-electron chi connectivity index (χ2n) is 4.22. The Morgan fingerprint density at radius 2 is 1.95 bits per heavy atom. The average molecular weight is 258 g/mol. The molecule has 1 aromatic heterocycles. The number of aryl methyl sites for hydroxylation is 1. The van der Waals surface area contributed by atoms with Gasteiger partial charge in [0.05, 0.1) is 7.11 Å². The van der Waals surface area contributed by atoms with E-state index in [2.05, 4.69) is 11.9 Å². The number of methoxy groups -OCH3 is 1. The molecule has 1 aromatic carbocycles. The Bertz CT molecular complexity index is 556. The largest absolute Gasteiger partial charge is 0.493 e. The van der Waals surface area contributed by atoms with E-state index in [1.807, 2.05) is 24.3 Å². The fraction of sp³-hybridized carbons (Fsp3) is 0.267. The van der Waals surface area contributed by atoms with Crippen LogP contribution in [0.5, 0.6) is 11.5 Å². The van der Waals surface area contributed by atoms with Crippen molar-refractivity contribution < 1.29 is 9.47 Å². The first-order valence-electron chi connectivity index (χ1n) is 6.23. The number of ether oxygens (including phenoxy) is 2. The van der Waals surface area contributed by atoms with Crippen LogP contribution in [0.4, 0.5) is 5.82 Å². The van der Waals surface area contributed by atoms with Crippen molar-refractivity contribution in [1.29, 1.82) is 0 Å². The number of nitrogen functional groups attached to an aromatic ring is 1. The molecule has 0 amide bonds. The molecule has 2 rings (SSSR count). The molecular weight excluding hydrogens is 240 g/mol. The molecule has 0 saturated carbocycles. The summed E-state index contributed by atoms with van der Waals surface area (Å²) in [4.78, 5) is 3.95. The Kier molecular flexibility index (Phi) is 4.23. The van der Waals surface area contributed by atoms with Crippen molar-refractivity contribution in [3.8, 4) is 11.5 Å². The van der Waals surface area contributed by atoms with Gasteiger partial charge in [-0.25, -0.2) is 4.98 Å². The summed E-state index contributed by atoms with van der Waals surface area (Å²) in [5.41, 5.74) is 7.83. The lowest BCUT2D eigenvalue weighted by atomic mass is 10.1. The number of anilines is 1. The maximum absolute atomic E-state index is 5.76. The lowest BCUT2D eigenvalue weighted by molar-refractivity contribution is 0.284. The van der Waals surface area contributed by atoms with Gasteiger partial charge >= 0.3 is 0 Å². The van der Waals surface area contributed by atoms with Gasteiger partial charge in [0.15, 0.2) is 11.5 Å². The highest BCUT2D eigenvalue weighted by atomic mass is 16.5. The van der Waals surface area contributed by atoms with Crippen LogP contribution in [0.25, 0.3) is 0 Å². The number of aromatic nitrogens is 1. The third-order valence-electron chi connectivity index (χ3n) is 2.88. The number of rotatable bonds is 5. The zero-order chi connectivity index (χ0) is 13.7. The summed E-state index contributed by atoms with van der Waals surface area (Å²) < 4.78 is 11.1. The van der Waals surface area contributed by atoms with Gasteiger partial charge in [0.25, 0.3) is 0 Å². The number of pyridine rings is 1. The van der Waals surface area contributed by atoms with E-state index in [-0.39, 0.29) is 0 Å². The lowest BCUT2D eigenvalue weighted by Gasteiger charge is -2.12. The number of hydrogen-bond acceptors (Lipinski definition) is 4. The summed E-state index contributed by atoms with van der Waals surface area (Å²) in [5.74, 6) is 1.98. The van der Waals surface area contributed by atoms with E-state index in [0.717, 1.165) is 23.5 Å². The number of nitrogens with two attached hydrogens (primary N) is 1. The van der Waals surface area contributed by atoms with Crippen molar-refractivity contribution >= 4 is 5.82 Å². The van der Waals surface area contributed by atoms with Crippen molar-refractivity contribution in [2.75, 3.05) is 12.8 Å². The van der Waals surface area contributed by atoms with Gasteiger partial charge in [-0.15, -0.1) is 0 Å². The summed E-state index contributed by atoms with van der Waals surface area (Å²) in [6.45, 7) is 2.55. The van der Waals surface area contributed by atoms with E-state index in [9.17, 15) is 0 Å². The second-order valence-corrected chi connectivity index (χ2v) is 4.22. The minimum Gasteiger partial charge on any atom is -0.493 e. The van der Waals surface area contributed by atoms with Crippen LogP contribution in [0.1, 0.15) is 18.1 Å². The normalized spacial score (nSPS) is 10.2. The van der Waals surface area contributed by atoms with E-state index >= 15 is 0 Å². The highest BCUT2D eigenvalue weighted by Gasteiger charge is 2.05. The average Bonchev–Trinajstić information content (AvgIpc) is 2.45. The summed E-state index contributed by atoms with van der Waals surface area (Å²) in [5, 5.41) is 0. The standard InChI is InChI=1S/C15H18N2O2/c1-3-11-4-5-13(14(8-11)18-2)19-10-12-6-7-17-15(16)9-12/h4-9H,3,10H2,1-2H3,(H2,16,17). The predicted octanol–water partition coefficient (Wildman–Crippen LogP) is 2.81. The lowest BCUT2D eigenvalue weighted by Crippen LogP contribution is -2.00. The molecule has 4 nitrogen and oxygen atoms in total. The molecule has 0 bridgehead atoms. The SMILES string of the molecule is CCc1ccc(OCc2ccnc(N)c2)c(OC)c1. The van der Waals surface area contributed by atoms with Crippen LogP contribution in [-0.4, -0.2) is 12.1 Å². The fourth-order valence-electron chi connectivity index (χ4n) is 1.80. The van der Waals surface area contributed by atoms with Crippen molar-refractivity contribution in [3.63, 3.8) is 0 Å². The summed E-state index contributed by atoms with van der Waals surface area (Å²) >= 11 is 0. The maximum atomic E-state index is 5.76. The van der Waals surface area contributed by atoms with Gasteiger partial charge in [-0.1, -0.05) is 13.0 Å². The molecule has 0 saturated heterocycles. The third-order valence-corrected chi connectivity index (χ3v) is 2.88. The molecule has 0 spiro atoms. The number of nitrogens with zero attached hydrogens (tertiary/aromatic N) is 1. The first kappa shape index (κ1) is 13.2. The summed E-state index contributed by atoms with van der Waals surface area (Å²) in [7, 11) is 1.64. The van der Waals surface area contributed by atoms with Gasteiger partial charge in [0.2, 0.25) is 0 Å². The highest BCUT2D eigenvalue weighted by Crippen LogP contribution is 2.29. The minimum absolute atomic E-state index is 0.439. The monoisotopic (exact) mass is 258 g/mol. The van der Waals surface area contributed by atoms with Crippen LogP contribution in [0.3, 0.4) is 0 Å². The molecular formula is C15H18N2O2. The van der Waals surface area contributed by atoms with Gasteiger partial charge < -0.3 is 15.2 Å². The zero-order valence-electron chi connectivity index (χ0n) is 11.2. The van der Waals surface area contributed by atoms with Gasteiger partial charge in [-0.3, -0.25) is 0 Å². The van der Waals surface area contributed by atoms with E-state index in [1.165, 1.54) is 5.56 Å². The Morgan fingerprint density at radius 3 is 2.63 bits per heavy atom. The predicted molar refractivity (Wildman–Crippen MR) is 75.4 cm³/mol. The first-order chi connectivity index (χ1) is 9.22. The van der Waals surface area contributed by atoms with E-state index in [1.54, 1.807) is 19.4 Å². The van der Waals surface area contributed by atoms with Crippen LogP contribution < -0.4 is 15.2 Å². The van der Waals surface area contributed by atoms with E-state index in [4.69, 9.17) is 15.2 Å². The molecule has 1 heterocycles. The summed E-state index contributed by atoms with van der Waals surface area (Å²) in [6, 6.07) is 9.65. The maximum Gasteiger partial charge on any atom is 0.161 e. The Labute approximate surface area is 113 Å². The van der Waals surface area contributed by atoms with E-state index < -0.39 is 0 Å². The zero-order valence-corrected chi connectivity index (χ0v) is 11.2. The number of benzene rings is 1. The molecule has 0 radical (unpaired) electrons. The Hall–Kier alpha value is -2.23. The quantitative estimate of drug-likeness (QED) is 0.896. The molecule has 2 N–H and O–H groups in total. The van der Waals surface area contributed by atoms with Crippen molar-refractivity contribution in [3.05, 3.63) is 47.7 Å². The molecule has 4 heteroatoms. The van der Waals surface area contributed by atoms with Crippen molar-refractivity contribution in [2.24, 2.45) is 0 Å². The molecule has 0 atom stereocenters. The Balaban J connectivity index is 2.11. The smallest absolute Gasteiger partial charge is 0.161 e. The first-order valence-corrected chi connectivity index (χ1v) is 6.23. The minimum atomic E-state index is 0.439. The molecule has 100 valence electrons.